The fourth-order valence-corrected chi connectivity index (χ4v) is 5.42. The maximum absolute atomic E-state index is 11.6. The minimum absolute atomic E-state index is 0.0789. The van der Waals surface area contributed by atoms with Crippen molar-refractivity contribution in [2.24, 2.45) is 23.0 Å². The molecule has 3 saturated carbocycles. The van der Waals surface area contributed by atoms with Gasteiger partial charge in [0, 0.05) is 12.0 Å². The Bertz CT molecular complexity index is 301. The molecular weight excluding hydrogens is 234 g/mol. The molecule has 0 bridgehead atoms. The standard InChI is InChI=1S/C17H31NO/c18-13-16(10-6-11-16)17(19)12-5-4-9-15(17)14-7-2-1-3-8-14/h14-15,19H,1-13,18H2. The molecule has 0 aromatic rings. The van der Waals surface area contributed by atoms with Gasteiger partial charge in [0.2, 0.25) is 0 Å². The monoisotopic (exact) mass is 265 g/mol. The molecule has 19 heavy (non-hydrogen) atoms. The van der Waals surface area contributed by atoms with Crippen molar-refractivity contribution in [2.45, 2.75) is 82.7 Å². The average molecular weight is 265 g/mol. The lowest BCUT2D eigenvalue weighted by atomic mass is 9.49. The summed E-state index contributed by atoms with van der Waals surface area (Å²) in [4.78, 5) is 0. The molecule has 0 heterocycles. The topological polar surface area (TPSA) is 46.2 Å². The van der Waals surface area contributed by atoms with E-state index in [4.69, 9.17) is 5.73 Å². The van der Waals surface area contributed by atoms with Gasteiger partial charge in [-0.1, -0.05) is 51.4 Å². The van der Waals surface area contributed by atoms with Gasteiger partial charge in [-0.2, -0.15) is 0 Å². The third-order valence-electron chi connectivity index (χ3n) is 6.78. The van der Waals surface area contributed by atoms with Gasteiger partial charge in [0.05, 0.1) is 5.60 Å². The van der Waals surface area contributed by atoms with E-state index >= 15 is 0 Å². The number of rotatable bonds is 3. The second-order valence-corrected chi connectivity index (χ2v) is 7.51. The number of hydrogen-bond donors (Lipinski definition) is 2. The molecule has 3 N–H and O–H groups in total. The highest BCUT2D eigenvalue weighted by Crippen LogP contribution is 2.58. The fourth-order valence-electron chi connectivity index (χ4n) is 5.42. The van der Waals surface area contributed by atoms with Crippen LogP contribution in [0.25, 0.3) is 0 Å². The van der Waals surface area contributed by atoms with Crippen LogP contribution in [0.5, 0.6) is 0 Å². The Labute approximate surface area is 118 Å². The van der Waals surface area contributed by atoms with Crippen LogP contribution in [0.15, 0.2) is 0 Å². The minimum Gasteiger partial charge on any atom is -0.389 e. The first-order chi connectivity index (χ1) is 9.22. The largest absolute Gasteiger partial charge is 0.389 e. The summed E-state index contributed by atoms with van der Waals surface area (Å²) >= 11 is 0. The lowest BCUT2D eigenvalue weighted by Crippen LogP contribution is -2.62. The van der Waals surface area contributed by atoms with Gasteiger partial charge in [-0.3, -0.25) is 0 Å². The van der Waals surface area contributed by atoms with Crippen molar-refractivity contribution in [1.82, 2.24) is 0 Å². The van der Waals surface area contributed by atoms with Crippen LogP contribution in [0.3, 0.4) is 0 Å². The molecule has 110 valence electrons. The van der Waals surface area contributed by atoms with Gasteiger partial charge < -0.3 is 10.8 Å². The lowest BCUT2D eigenvalue weighted by Gasteiger charge is -2.59. The molecule has 3 fully saturated rings. The van der Waals surface area contributed by atoms with Crippen molar-refractivity contribution in [3.8, 4) is 0 Å². The number of aliphatic hydroxyl groups is 1. The molecule has 0 saturated heterocycles. The van der Waals surface area contributed by atoms with E-state index in [1.165, 1.54) is 70.6 Å². The third-order valence-corrected chi connectivity index (χ3v) is 6.78. The maximum Gasteiger partial charge on any atom is 0.0746 e. The zero-order valence-corrected chi connectivity index (χ0v) is 12.4. The predicted molar refractivity (Wildman–Crippen MR) is 78.8 cm³/mol. The van der Waals surface area contributed by atoms with Gasteiger partial charge in [0.25, 0.3) is 0 Å². The zero-order chi connectivity index (χ0) is 13.3. The average Bonchev–Trinajstić information content (AvgIpc) is 2.39. The van der Waals surface area contributed by atoms with E-state index in [1.807, 2.05) is 0 Å². The first kappa shape index (κ1) is 13.9. The van der Waals surface area contributed by atoms with Crippen LogP contribution in [-0.2, 0) is 0 Å². The Morgan fingerprint density at radius 3 is 2.11 bits per heavy atom. The van der Waals surface area contributed by atoms with Crippen molar-refractivity contribution in [1.29, 1.82) is 0 Å². The summed E-state index contributed by atoms with van der Waals surface area (Å²) in [5, 5.41) is 11.6. The molecule has 0 aromatic heterocycles. The Kier molecular flexibility index (Phi) is 3.92. The van der Waals surface area contributed by atoms with Crippen LogP contribution < -0.4 is 5.73 Å². The van der Waals surface area contributed by atoms with Crippen molar-refractivity contribution in [2.75, 3.05) is 6.54 Å². The van der Waals surface area contributed by atoms with E-state index in [0.717, 1.165) is 12.3 Å². The zero-order valence-electron chi connectivity index (χ0n) is 12.4. The van der Waals surface area contributed by atoms with Crippen LogP contribution >= 0.6 is 0 Å². The van der Waals surface area contributed by atoms with E-state index in [2.05, 4.69) is 0 Å². The second kappa shape index (κ2) is 5.37. The highest BCUT2D eigenvalue weighted by atomic mass is 16.3. The predicted octanol–water partition coefficient (Wildman–Crippen LogP) is 3.62. The first-order valence-corrected chi connectivity index (χ1v) is 8.64. The fraction of sp³-hybridized carbons (Fsp3) is 1.00. The summed E-state index contributed by atoms with van der Waals surface area (Å²) in [6.45, 7) is 0.701. The summed E-state index contributed by atoms with van der Waals surface area (Å²) < 4.78 is 0. The summed E-state index contributed by atoms with van der Waals surface area (Å²) in [5.74, 6) is 1.33. The van der Waals surface area contributed by atoms with Gasteiger partial charge in [0.15, 0.2) is 0 Å². The van der Waals surface area contributed by atoms with E-state index in [-0.39, 0.29) is 5.41 Å². The van der Waals surface area contributed by atoms with Gasteiger partial charge in [0.1, 0.15) is 0 Å². The van der Waals surface area contributed by atoms with Gasteiger partial charge in [-0.25, -0.2) is 0 Å². The van der Waals surface area contributed by atoms with E-state index in [9.17, 15) is 5.11 Å². The Balaban J connectivity index is 1.82. The molecule has 0 aromatic carbocycles. The Hall–Kier alpha value is -0.0800. The van der Waals surface area contributed by atoms with E-state index in [1.54, 1.807) is 0 Å². The Morgan fingerprint density at radius 2 is 1.53 bits per heavy atom. The van der Waals surface area contributed by atoms with E-state index in [0.29, 0.717) is 12.5 Å². The lowest BCUT2D eigenvalue weighted by molar-refractivity contribution is -0.191. The van der Waals surface area contributed by atoms with Crippen molar-refractivity contribution in [3.63, 3.8) is 0 Å². The maximum atomic E-state index is 11.6. The molecule has 0 aliphatic heterocycles. The van der Waals surface area contributed by atoms with Gasteiger partial charge in [-0.05, 0) is 37.5 Å². The molecule has 0 radical (unpaired) electrons. The molecule has 2 nitrogen and oxygen atoms in total. The molecule has 2 unspecified atom stereocenters. The summed E-state index contributed by atoms with van der Waals surface area (Å²) in [7, 11) is 0. The van der Waals surface area contributed by atoms with Crippen LogP contribution in [0.2, 0.25) is 0 Å². The smallest absolute Gasteiger partial charge is 0.0746 e. The normalized spacial score (nSPS) is 39.8. The van der Waals surface area contributed by atoms with Crippen LogP contribution in [-0.4, -0.2) is 17.3 Å². The van der Waals surface area contributed by atoms with Crippen molar-refractivity contribution < 1.29 is 5.11 Å². The van der Waals surface area contributed by atoms with Crippen molar-refractivity contribution in [3.05, 3.63) is 0 Å². The molecule has 2 heteroatoms. The number of nitrogens with two attached hydrogens (primary N) is 1. The quantitative estimate of drug-likeness (QED) is 0.818. The first-order valence-electron chi connectivity index (χ1n) is 8.64. The van der Waals surface area contributed by atoms with Gasteiger partial charge in [-0.15, -0.1) is 0 Å². The highest BCUT2D eigenvalue weighted by molar-refractivity contribution is 5.09. The van der Waals surface area contributed by atoms with Crippen LogP contribution in [0.1, 0.15) is 77.0 Å². The molecule has 0 spiro atoms. The molecule has 2 atom stereocenters. The molecule has 3 rings (SSSR count). The Morgan fingerprint density at radius 1 is 0.842 bits per heavy atom. The summed E-state index contributed by atoms with van der Waals surface area (Å²) in [6.07, 6.45) is 15.3. The molecule has 0 amide bonds. The highest BCUT2D eigenvalue weighted by Gasteiger charge is 2.58. The molecule has 3 aliphatic carbocycles. The van der Waals surface area contributed by atoms with Gasteiger partial charge >= 0.3 is 0 Å². The third kappa shape index (κ3) is 2.15. The van der Waals surface area contributed by atoms with Crippen LogP contribution in [0, 0.1) is 17.3 Å². The van der Waals surface area contributed by atoms with E-state index < -0.39 is 5.60 Å². The van der Waals surface area contributed by atoms with Crippen molar-refractivity contribution >= 4 is 0 Å². The molecule has 3 aliphatic rings. The molecular formula is C17H31NO. The summed E-state index contributed by atoms with van der Waals surface area (Å²) in [5.41, 5.74) is 5.77. The summed E-state index contributed by atoms with van der Waals surface area (Å²) in [6, 6.07) is 0. The second-order valence-electron chi connectivity index (χ2n) is 7.51. The SMILES string of the molecule is NCC1(C2(O)CCCCC2C2CCCCC2)CCC1. The number of hydrogen-bond acceptors (Lipinski definition) is 2. The minimum atomic E-state index is -0.430. The van der Waals surface area contributed by atoms with Crippen LogP contribution in [0.4, 0.5) is 0 Å².